The van der Waals surface area contributed by atoms with Crippen LogP contribution in [0.15, 0.2) is 48.5 Å². The number of hydrogen-bond donors (Lipinski definition) is 1. The van der Waals surface area contributed by atoms with Crippen LogP contribution in [-0.4, -0.2) is 11.2 Å². The molecule has 1 aliphatic heterocycles. The summed E-state index contributed by atoms with van der Waals surface area (Å²) in [7, 11) is 0. The van der Waals surface area contributed by atoms with Crippen molar-refractivity contribution < 1.29 is 14.2 Å². The Labute approximate surface area is 117 Å². The monoisotopic (exact) mass is 272 g/mol. The highest BCUT2D eigenvalue weighted by Crippen LogP contribution is 2.32. The van der Waals surface area contributed by atoms with Gasteiger partial charge in [0.1, 0.15) is 17.7 Å². The third-order valence-corrected chi connectivity index (χ3v) is 3.71. The summed E-state index contributed by atoms with van der Waals surface area (Å²) >= 11 is 0. The molecule has 2 unspecified atom stereocenters. The molecule has 3 rings (SSSR count). The Hall–Kier alpha value is -1.87. The first-order chi connectivity index (χ1) is 9.72. The first kappa shape index (κ1) is 13.1. The summed E-state index contributed by atoms with van der Waals surface area (Å²) in [5.41, 5.74) is 1.85. The average Bonchev–Trinajstić information content (AvgIpc) is 2.87. The van der Waals surface area contributed by atoms with Crippen LogP contribution in [0.25, 0.3) is 0 Å². The van der Waals surface area contributed by atoms with Crippen LogP contribution < -0.4 is 4.74 Å². The van der Waals surface area contributed by atoms with Crippen LogP contribution in [0.3, 0.4) is 0 Å². The quantitative estimate of drug-likeness (QED) is 0.920. The van der Waals surface area contributed by atoms with Crippen LogP contribution in [0.2, 0.25) is 0 Å². The Kier molecular flexibility index (Phi) is 3.70. The van der Waals surface area contributed by atoms with Gasteiger partial charge in [-0.25, -0.2) is 4.39 Å². The molecule has 3 heteroatoms. The first-order valence-electron chi connectivity index (χ1n) is 6.90. The second-order valence-corrected chi connectivity index (χ2v) is 5.20. The van der Waals surface area contributed by atoms with Gasteiger partial charge >= 0.3 is 0 Å². The van der Waals surface area contributed by atoms with Crippen LogP contribution in [0, 0.1) is 5.82 Å². The lowest BCUT2D eigenvalue weighted by molar-refractivity contribution is 0.136. The van der Waals surface area contributed by atoms with Crippen molar-refractivity contribution >= 4 is 0 Å². The summed E-state index contributed by atoms with van der Waals surface area (Å²) in [6, 6.07) is 14.2. The van der Waals surface area contributed by atoms with E-state index in [1.54, 1.807) is 6.07 Å². The third kappa shape index (κ3) is 2.83. The van der Waals surface area contributed by atoms with Crippen molar-refractivity contribution in [2.45, 2.75) is 31.5 Å². The van der Waals surface area contributed by atoms with Gasteiger partial charge in [0.05, 0.1) is 6.10 Å². The summed E-state index contributed by atoms with van der Waals surface area (Å²) in [6.45, 7) is 0. The highest BCUT2D eigenvalue weighted by Gasteiger charge is 2.24. The Morgan fingerprint density at radius 1 is 1.20 bits per heavy atom. The third-order valence-electron chi connectivity index (χ3n) is 3.71. The fraction of sp³-hybridized carbons (Fsp3) is 0.294. The van der Waals surface area contributed by atoms with Gasteiger partial charge in [0.15, 0.2) is 0 Å². The maximum Gasteiger partial charge on any atom is 0.123 e. The zero-order chi connectivity index (χ0) is 13.9. The van der Waals surface area contributed by atoms with Crippen LogP contribution in [0.5, 0.6) is 5.75 Å². The Morgan fingerprint density at radius 3 is 2.80 bits per heavy atom. The van der Waals surface area contributed by atoms with Gasteiger partial charge in [-0.2, -0.15) is 0 Å². The molecule has 2 atom stereocenters. The second kappa shape index (κ2) is 5.63. The van der Waals surface area contributed by atoms with Crippen molar-refractivity contribution in [3.05, 3.63) is 65.5 Å². The van der Waals surface area contributed by atoms with Crippen LogP contribution in [-0.2, 0) is 6.42 Å². The molecule has 2 nitrogen and oxygen atoms in total. The standard InChI is InChI=1S/C17H17FO2/c18-14-6-9-17-13(10-14)11-15(20-17)7-8-16(19)12-4-2-1-3-5-12/h1-6,9-10,15-16,19H,7-8,11H2. The van der Waals surface area contributed by atoms with Gasteiger partial charge in [-0.3, -0.25) is 0 Å². The van der Waals surface area contributed by atoms with E-state index in [4.69, 9.17) is 4.74 Å². The highest BCUT2D eigenvalue weighted by molar-refractivity contribution is 5.37. The van der Waals surface area contributed by atoms with E-state index in [0.717, 1.165) is 23.3 Å². The average molecular weight is 272 g/mol. The summed E-state index contributed by atoms with van der Waals surface area (Å²) < 4.78 is 18.9. The molecule has 0 bridgehead atoms. The van der Waals surface area contributed by atoms with E-state index in [1.807, 2.05) is 30.3 Å². The van der Waals surface area contributed by atoms with Gasteiger partial charge < -0.3 is 9.84 Å². The smallest absolute Gasteiger partial charge is 0.123 e. The van der Waals surface area contributed by atoms with E-state index >= 15 is 0 Å². The number of halogens is 1. The normalized spacial score (nSPS) is 18.4. The van der Waals surface area contributed by atoms with Crippen molar-refractivity contribution in [3.63, 3.8) is 0 Å². The van der Waals surface area contributed by atoms with Gasteiger partial charge in [-0.15, -0.1) is 0 Å². The Balaban J connectivity index is 1.56. The minimum Gasteiger partial charge on any atom is -0.490 e. The van der Waals surface area contributed by atoms with Crippen molar-refractivity contribution in [2.24, 2.45) is 0 Å². The van der Waals surface area contributed by atoms with Crippen molar-refractivity contribution in [2.75, 3.05) is 0 Å². The molecule has 0 fully saturated rings. The van der Waals surface area contributed by atoms with E-state index in [1.165, 1.54) is 12.1 Å². The maximum atomic E-state index is 13.1. The van der Waals surface area contributed by atoms with Crippen molar-refractivity contribution in [1.82, 2.24) is 0 Å². The molecular weight excluding hydrogens is 255 g/mol. The molecule has 0 spiro atoms. The molecule has 20 heavy (non-hydrogen) atoms. The molecule has 2 aromatic carbocycles. The minimum absolute atomic E-state index is 0.0326. The van der Waals surface area contributed by atoms with Crippen LogP contribution in [0.4, 0.5) is 4.39 Å². The van der Waals surface area contributed by atoms with Crippen molar-refractivity contribution in [1.29, 1.82) is 0 Å². The number of hydrogen-bond acceptors (Lipinski definition) is 2. The predicted molar refractivity (Wildman–Crippen MR) is 75.2 cm³/mol. The Morgan fingerprint density at radius 2 is 2.00 bits per heavy atom. The fourth-order valence-corrected chi connectivity index (χ4v) is 2.64. The van der Waals surface area contributed by atoms with Gasteiger partial charge in [-0.05, 0) is 36.6 Å². The molecule has 0 saturated heterocycles. The minimum atomic E-state index is -0.472. The van der Waals surface area contributed by atoms with E-state index in [-0.39, 0.29) is 11.9 Å². The molecule has 104 valence electrons. The number of fused-ring (bicyclic) bond motifs is 1. The van der Waals surface area contributed by atoms with Gasteiger partial charge in [0.25, 0.3) is 0 Å². The van der Waals surface area contributed by atoms with Crippen molar-refractivity contribution in [3.8, 4) is 5.75 Å². The number of rotatable bonds is 4. The van der Waals surface area contributed by atoms with Gasteiger partial charge in [0.2, 0.25) is 0 Å². The topological polar surface area (TPSA) is 29.5 Å². The highest BCUT2D eigenvalue weighted by atomic mass is 19.1. The molecule has 2 aromatic rings. The number of ether oxygens (including phenoxy) is 1. The molecule has 0 aliphatic carbocycles. The summed E-state index contributed by atoms with van der Waals surface area (Å²) in [5, 5.41) is 10.1. The zero-order valence-electron chi connectivity index (χ0n) is 11.1. The number of benzene rings is 2. The SMILES string of the molecule is OC(CCC1Cc2cc(F)ccc2O1)c1ccccc1. The lowest BCUT2D eigenvalue weighted by Crippen LogP contribution is -2.14. The van der Waals surface area contributed by atoms with E-state index in [2.05, 4.69) is 0 Å². The lowest BCUT2D eigenvalue weighted by Gasteiger charge is -2.14. The maximum absolute atomic E-state index is 13.1. The molecule has 0 saturated carbocycles. The van der Waals surface area contributed by atoms with E-state index in [0.29, 0.717) is 12.8 Å². The van der Waals surface area contributed by atoms with Gasteiger partial charge in [0, 0.05) is 12.0 Å². The fourth-order valence-electron chi connectivity index (χ4n) is 2.64. The molecule has 1 aliphatic rings. The molecular formula is C17H17FO2. The summed E-state index contributed by atoms with van der Waals surface area (Å²) in [4.78, 5) is 0. The summed E-state index contributed by atoms with van der Waals surface area (Å²) in [6.07, 6.45) is 1.68. The van der Waals surface area contributed by atoms with E-state index < -0.39 is 6.10 Å². The second-order valence-electron chi connectivity index (χ2n) is 5.20. The predicted octanol–water partition coefficient (Wildman–Crippen LogP) is 3.64. The molecule has 0 aromatic heterocycles. The van der Waals surface area contributed by atoms with Gasteiger partial charge in [-0.1, -0.05) is 30.3 Å². The van der Waals surface area contributed by atoms with Crippen LogP contribution >= 0.6 is 0 Å². The Bertz CT molecular complexity index is 583. The number of aliphatic hydroxyl groups excluding tert-OH is 1. The first-order valence-corrected chi connectivity index (χ1v) is 6.90. The molecule has 1 heterocycles. The number of aliphatic hydroxyl groups is 1. The molecule has 0 radical (unpaired) electrons. The van der Waals surface area contributed by atoms with Crippen LogP contribution in [0.1, 0.15) is 30.1 Å². The molecule has 1 N–H and O–H groups in total. The lowest BCUT2D eigenvalue weighted by atomic mass is 10.0. The largest absolute Gasteiger partial charge is 0.490 e. The zero-order valence-corrected chi connectivity index (χ0v) is 11.1. The molecule has 0 amide bonds. The van der Waals surface area contributed by atoms with E-state index in [9.17, 15) is 9.50 Å². The summed E-state index contributed by atoms with van der Waals surface area (Å²) in [5.74, 6) is 0.544.